The molecule has 1 aromatic carbocycles. The Hall–Kier alpha value is -1.75. The summed E-state index contributed by atoms with van der Waals surface area (Å²) in [5.74, 6) is 0.200. The number of aliphatic hydroxyl groups excluding tert-OH is 1. The highest BCUT2D eigenvalue weighted by atomic mass is 19.1. The summed E-state index contributed by atoms with van der Waals surface area (Å²) < 4.78 is 13.2. The Morgan fingerprint density at radius 3 is 2.79 bits per heavy atom. The molecule has 2 N–H and O–H groups in total. The van der Waals surface area contributed by atoms with Crippen LogP contribution in [-0.2, 0) is 6.61 Å². The highest BCUT2D eigenvalue weighted by Crippen LogP contribution is 2.17. The zero-order chi connectivity index (χ0) is 9.97. The predicted molar refractivity (Wildman–Crippen MR) is 47.7 cm³/mol. The van der Waals surface area contributed by atoms with Crippen LogP contribution < -0.4 is 0 Å². The largest absolute Gasteiger partial charge is 0.388 e. The van der Waals surface area contributed by atoms with E-state index in [4.69, 9.17) is 5.11 Å². The average Bonchev–Trinajstić information content (AvgIpc) is 2.67. The molecule has 72 valence electrons. The van der Waals surface area contributed by atoms with E-state index in [0.717, 1.165) is 0 Å². The molecule has 0 fully saturated rings. The molecule has 2 aromatic rings. The van der Waals surface area contributed by atoms with Gasteiger partial charge in [0.25, 0.3) is 0 Å². The van der Waals surface area contributed by atoms with Gasteiger partial charge in [0.15, 0.2) is 11.6 Å². The standard InChI is InChI=1S/C9H8FN3O/c10-7-4-2-1-3-6(7)9-11-8(5-14)12-13-9/h1-4,14H,5H2,(H,11,12,13). The second-order valence-corrected chi connectivity index (χ2v) is 2.74. The number of hydrogen-bond donors (Lipinski definition) is 2. The van der Waals surface area contributed by atoms with Gasteiger partial charge in [0, 0.05) is 0 Å². The Labute approximate surface area is 79.4 Å². The molecule has 0 radical (unpaired) electrons. The lowest BCUT2D eigenvalue weighted by molar-refractivity contribution is 0.272. The minimum Gasteiger partial charge on any atom is -0.388 e. The van der Waals surface area contributed by atoms with Gasteiger partial charge >= 0.3 is 0 Å². The molecule has 4 nitrogen and oxygen atoms in total. The summed E-state index contributed by atoms with van der Waals surface area (Å²) in [5.41, 5.74) is 0.323. The fourth-order valence-electron chi connectivity index (χ4n) is 1.13. The van der Waals surface area contributed by atoms with Gasteiger partial charge in [-0.3, -0.25) is 5.10 Å². The van der Waals surface area contributed by atoms with Crippen LogP contribution in [0.1, 0.15) is 5.82 Å². The second kappa shape index (κ2) is 3.55. The van der Waals surface area contributed by atoms with E-state index in [2.05, 4.69) is 15.2 Å². The summed E-state index contributed by atoms with van der Waals surface area (Å²) >= 11 is 0. The highest BCUT2D eigenvalue weighted by molar-refractivity contribution is 5.54. The number of nitrogens with one attached hydrogen (secondary N) is 1. The van der Waals surface area contributed by atoms with Gasteiger partial charge in [-0.25, -0.2) is 9.37 Å². The molecule has 5 heteroatoms. The lowest BCUT2D eigenvalue weighted by atomic mass is 10.2. The van der Waals surface area contributed by atoms with Crippen LogP contribution in [0.25, 0.3) is 11.4 Å². The molecule has 0 saturated heterocycles. The van der Waals surface area contributed by atoms with Gasteiger partial charge in [-0.05, 0) is 12.1 Å². The van der Waals surface area contributed by atoms with E-state index < -0.39 is 0 Å². The monoisotopic (exact) mass is 193 g/mol. The van der Waals surface area contributed by atoms with Crippen molar-refractivity contribution in [3.8, 4) is 11.4 Å². The van der Waals surface area contributed by atoms with E-state index in [-0.39, 0.29) is 18.2 Å². The van der Waals surface area contributed by atoms with Crippen molar-refractivity contribution in [1.29, 1.82) is 0 Å². The van der Waals surface area contributed by atoms with Crippen LogP contribution in [0, 0.1) is 5.82 Å². The van der Waals surface area contributed by atoms with Gasteiger partial charge in [-0.1, -0.05) is 12.1 Å². The highest BCUT2D eigenvalue weighted by Gasteiger charge is 2.08. The lowest BCUT2D eigenvalue weighted by Crippen LogP contribution is -1.86. The molecule has 0 atom stereocenters. The van der Waals surface area contributed by atoms with Crippen molar-refractivity contribution in [1.82, 2.24) is 15.2 Å². The summed E-state index contributed by atoms with van der Waals surface area (Å²) in [6.07, 6.45) is 0. The molecular weight excluding hydrogens is 185 g/mol. The number of benzene rings is 1. The third-order valence-electron chi connectivity index (χ3n) is 1.80. The molecule has 14 heavy (non-hydrogen) atoms. The number of aromatic amines is 1. The molecule has 0 amide bonds. The molecule has 0 aliphatic carbocycles. The van der Waals surface area contributed by atoms with Crippen molar-refractivity contribution in [2.75, 3.05) is 0 Å². The number of hydrogen-bond acceptors (Lipinski definition) is 3. The first-order valence-corrected chi connectivity index (χ1v) is 4.08. The maximum absolute atomic E-state index is 13.2. The number of H-pyrrole nitrogens is 1. The zero-order valence-electron chi connectivity index (χ0n) is 7.24. The Kier molecular flexibility index (Phi) is 2.24. The minimum atomic E-state index is -0.379. The lowest BCUT2D eigenvalue weighted by Gasteiger charge is -1.95. The van der Waals surface area contributed by atoms with Gasteiger partial charge < -0.3 is 5.11 Å². The first kappa shape index (κ1) is 8.83. The SMILES string of the molecule is OCc1nc(-c2ccccc2F)n[nH]1. The fraction of sp³-hybridized carbons (Fsp3) is 0.111. The topological polar surface area (TPSA) is 61.8 Å². The van der Waals surface area contributed by atoms with Gasteiger partial charge in [-0.2, -0.15) is 5.10 Å². The van der Waals surface area contributed by atoms with Crippen LogP contribution >= 0.6 is 0 Å². The predicted octanol–water partition coefficient (Wildman–Crippen LogP) is 1.10. The third kappa shape index (κ3) is 1.49. The van der Waals surface area contributed by atoms with Gasteiger partial charge in [-0.15, -0.1) is 0 Å². The summed E-state index contributed by atoms with van der Waals surface area (Å²) in [4.78, 5) is 3.90. The third-order valence-corrected chi connectivity index (χ3v) is 1.80. The number of halogens is 1. The Morgan fingerprint density at radius 1 is 1.36 bits per heavy atom. The van der Waals surface area contributed by atoms with Crippen LogP contribution in [0.15, 0.2) is 24.3 Å². The van der Waals surface area contributed by atoms with Crippen molar-refractivity contribution in [2.45, 2.75) is 6.61 Å². The van der Waals surface area contributed by atoms with Gasteiger partial charge in [0.1, 0.15) is 12.4 Å². The Bertz CT molecular complexity index is 441. The molecule has 2 rings (SSSR count). The molecule has 0 saturated carbocycles. The van der Waals surface area contributed by atoms with Crippen molar-refractivity contribution in [2.24, 2.45) is 0 Å². The number of rotatable bonds is 2. The molecule has 1 aromatic heterocycles. The molecule has 0 aliphatic rings. The molecule has 0 spiro atoms. The quantitative estimate of drug-likeness (QED) is 0.750. The smallest absolute Gasteiger partial charge is 0.184 e. The number of aromatic nitrogens is 3. The molecule has 0 unspecified atom stereocenters. The van der Waals surface area contributed by atoms with E-state index in [0.29, 0.717) is 11.4 Å². The van der Waals surface area contributed by atoms with Crippen molar-refractivity contribution >= 4 is 0 Å². The summed E-state index contributed by atoms with van der Waals surface area (Å²) in [6, 6.07) is 6.22. The first-order chi connectivity index (χ1) is 6.81. The Morgan fingerprint density at radius 2 is 2.14 bits per heavy atom. The van der Waals surface area contributed by atoms with Crippen molar-refractivity contribution < 1.29 is 9.50 Å². The van der Waals surface area contributed by atoms with E-state index in [1.807, 2.05) is 0 Å². The summed E-state index contributed by atoms with van der Waals surface area (Å²) in [7, 11) is 0. The minimum absolute atomic E-state index is 0.235. The van der Waals surface area contributed by atoms with E-state index >= 15 is 0 Å². The van der Waals surface area contributed by atoms with Crippen LogP contribution in [-0.4, -0.2) is 20.3 Å². The van der Waals surface area contributed by atoms with Crippen LogP contribution in [0.5, 0.6) is 0 Å². The van der Waals surface area contributed by atoms with Crippen molar-refractivity contribution in [3.63, 3.8) is 0 Å². The second-order valence-electron chi connectivity index (χ2n) is 2.74. The van der Waals surface area contributed by atoms with E-state index in [9.17, 15) is 4.39 Å². The Balaban J connectivity index is 2.44. The number of nitrogens with zero attached hydrogens (tertiary/aromatic N) is 2. The van der Waals surface area contributed by atoms with Crippen LogP contribution in [0.4, 0.5) is 4.39 Å². The molecule has 1 heterocycles. The maximum Gasteiger partial charge on any atom is 0.184 e. The van der Waals surface area contributed by atoms with Gasteiger partial charge in [0.05, 0.1) is 5.56 Å². The van der Waals surface area contributed by atoms with Gasteiger partial charge in [0.2, 0.25) is 0 Å². The number of aliphatic hydroxyl groups is 1. The van der Waals surface area contributed by atoms with Crippen molar-refractivity contribution in [3.05, 3.63) is 35.9 Å². The van der Waals surface area contributed by atoms with Crippen LogP contribution in [0.2, 0.25) is 0 Å². The van der Waals surface area contributed by atoms with E-state index in [1.165, 1.54) is 6.07 Å². The van der Waals surface area contributed by atoms with E-state index in [1.54, 1.807) is 18.2 Å². The first-order valence-electron chi connectivity index (χ1n) is 4.08. The van der Waals surface area contributed by atoms with Crippen LogP contribution in [0.3, 0.4) is 0 Å². The molecule has 0 aliphatic heterocycles. The molecule has 0 bridgehead atoms. The zero-order valence-corrected chi connectivity index (χ0v) is 7.24. The summed E-state index contributed by atoms with van der Waals surface area (Å²) in [6.45, 7) is -0.235. The normalized spacial score (nSPS) is 10.4. The fourth-order valence-corrected chi connectivity index (χ4v) is 1.13. The maximum atomic E-state index is 13.2. The molecular formula is C9H8FN3O. The average molecular weight is 193 g/mol. The summed E-state index contributed by atoms with van der Waals surface area (Å²) in [5, 5.41) is 15.0.